The van der Waals surface area contributed by atoms with Crippen molar-refractivity contribution in [1.29, 1.82) is 0 Å². The Morgan fingerprint density at radius 2 is 1.68 bits per heavy atom. The van der Waals surface area contributed by atoms with Crippen LogP contribution in [-0.4, -0.2) is 20.4 Å². The average molecular weight is 443 g/mol. The van der Waals surface area contributed by atoms with Gasteiger partial charge in [-0.2, -0.15) is 0 Å². The second kappa shape index (κ2) is 7.78. The summed E-state index contributed by atoms with van der Waals surface area (Å²) in [5, 5.41) is 3.24. The van der Waals surface area contributed by atoms with E-state index >= 15 is 0 Å². The molecule has 1 aromatic heterocycles. The molecule has 6 rings (SSSR count). The van der Waals surface area contributed by atoms with E-state index in [2.05, 4.69) is 17.0 Å². The number of hydrogen-bond donors (Lipinski definition) is 2. The van der Waals surface area contributed by atoms with Gasteiger partial charge in [0.2, 0.25) is 10.0 Å². The summed E-state index contributed by atoms with van der Waals surface area (Å²) in [6, 6.07) is 9.69. The zero-order valence-electron chi connectivity index (χ0n) is 17.8. The van der Waals surface area contributed by atoms with E-state index in [0.29, 0.717) is 11.3 Å². The van der Waals surface area contributed by atoms with Gasteiger partial charge in [0, 0.05) is 11.6 Å². The van der Waals surface area contributed by atoms with Crippen molar-refractivity contribution in [2.75, 3.05) is 0 Å². The van der Waals surface area contributed by atoms with Crippen LogP contribution in [0, 0.1) is 23.2 Å². The van der Waals surface area contributed by atoms with E-state index in [1.807, 2.05) is 0 Å². The van der Waals surface area contributed by atoms with Gasteiger partial charge in [-0.1, -0.05) is 0 Å². The van der Waals surface area contributed by atoms with Gasteiger partial charge in [-0.05, 0) is 105 Å². The molecular weight excluding hydrogens is 412 g/mol. The van der Waals surface area contributed by atoms with Gasteiger partial charge in [-0.25, -0.2) is 13.1 Å². The molecule has 1 heterocycles. The molecule has 1 aromatic carbocycles. The Balaban J connectivity index is 1.23. The van der Waals surface area contributed by atoms with Gasteiger partial charge in [-0.15, -0.1) is 0 Å². The largest absolute Gasteiger partial charge is 0.468 e. The lowest BCUT2D eigenvalue weighted by atomic mass is 9.48. The van der Waals surface area contributed by atoms with Crippen molar-refractivity contribution in [3.8, 4) is 0 Å². The standard InChI is InChI=1S/C24H30N2O4S/c1-16(24-12-17-9-18(13-24)11-19(10-17)14-24)26-23(27)20-4-6-22(7-5-20)31(28,29)25-15-21-3-2-8-30-21/h2-8,16-19,25H,9-15H2,1H3,(H,26,27)/t16-,17?,18?,19?,24?/m1/s1. The van der Waals surface area contributed by atoms with Crippen molar-refractivity contribution in [2.45, 2.75) is 62.9 Å². The molecule has 2 N–H and O–H groups in total. The quantitative estimate of drug-likeness (QED) is 0.676. The van der Waals surface area contributed by atoms with E-state index in [-0.39, 0.29) is 28.8 Å². The minimum atomic E-state index is -3.67. The maximum atomic E-state index is 12.9. The summed E-state index contributed by atoms with van der Waals surface area (Å²) in [4.78, 5) is 13.0. The number of rotatable bonds is 7. The van der Waals surface area contributed by atoms with Crippen LogP contribution >= 0.6 is 0 Å². The van der Waals surface area contributed by atoms with Gasteiger partial charge in [0.25, 0.3) is 5.91 Å². The molecule has 4 aliphatic rings. The molecule has 0 radical (unpaired) electrons. The molecular formula is C24H30N2O4S. The van der Waals surface area contributed by atoms with E-state index in [9.17, 15) is 13.2 Å². The van der Waals surface area contributed by atoms with Crippen LogP contribution in [0.15, 0.2) is 52.0 Å². The lowest BCUT2D eigenvalue weighted by molar-refractivity contribution is -0.0688. The van der Waals surface area contributed by atoms with Crippen LogP contribution in [-0.2, 0) is 16.6 Å². The Morgan fingerprint density at radius 3 is 2.23 bits per heavy atom. The zero-order valence-corrected chi connectivity index (χ0v) is 18.7. The van der Waals surface area contributed by atoms with Crippen molar-refractivity contribution < 1.29 is 17.6 Å². The third kappa shape index (κ3) is 4.05. The third-order valence-corrected chi connectivity index (χ3v) is 9.21. The number of carbonyl (C=O) groups excluding carboxylic acids is 1. The van der Waals surface area contributed by atoms with Crippen LogP contribution < -0.4 is 10.0 Å². The highest BCUT2D eigenvalue weighted by Crippen LogP contribution is 2.61. The number of amides is 1. The monoisotopic (exact) mass is 442 g/mol. The second-order valence-corrected chi connectivity index (χ2v) is 11.7. The topological polar surface area (TPSA) is 88.4 Å². The van der Waals surface area contributed by atoms with E-state index in [4.69, 9.17) is 4.42 Å². The molecule has 1 atom stereocenters. The van der Waals surface area contributed by atoms with Crippen molar-refractivity contribution in [3.63, 3.8) is 0 Å². The van der Waals surface area contributed by atoms with E-state index in [1.54, 1.807) is 24.3 Å². The van der Waals surface area contributed by atoms with Crippen LogP contribution in [0.4, 0.5) is 0 Å². The fraction of sp³-hybridized carbons (Fsp3) is 0.542. The molecule has 7 heteroatoms. The summed E-state index contributed by atoms with van der Waals surface area (Å²) >= 11 is 0. The predicted octanol–water partition coefficient (Wildman–Crippen LogP) is 4.09. The molecule has 0 aliphatic heterocycles. The van der Waals surface area contributed by atoms with Crippen LogP contribution in [0.5, 0.6) is 0 Å². The molecule has 0 unspecified atom stereocenters. The summed E-state index contributed by atoms with van der Waals surface area (Å²) in [6.07, 6.45) is 9.34. The molecule has 6 nitrogen and oxygen atoms in total. The van der Waals surface area contributed by atoms with Crippen molar-refractivity contribution in [3.05, 3.63) is 54.0 Å². The number of furan rings is 1. The summed E-state index contributed by atoms with van der Waals surface area (Å²) in [5.41, 5.74) is 0.727. The van der Waals surface area contributed by atoms with Crippen LogP contribution in [0.2, 0.25) is 0 Å². The first-order chi connectivity index (χ1) is 14.8. The minimum Gasteiger partial charge on any atom is -0.468 e. The Bertz CT molecular complexity index is 1010. The van der Waals surface area contributed by atoms with Crippen LogP contribution in [0.3, 0.4) is 0 Å². The van der Waals surface area contributed by atoms with E-state index in [1.165, 1.54) is 56.9 Å². The van der Waals surface area contributed by atoms with Crippen LogP contribution in [0.25, 0.3) is 0 Å². The third-order valence-electron chi connectivity index (χ3n) is 7.80. The maximum absolute atomic E-state index is 12.9. The molecule has 4 fully saturated rings. The van der Waals surface area contributed by atoms with Gasteiger partial charge in [0.1, 0.15) is 5.76 Å². The fourth-order valence-corrected chi connectivity index (χ4v) is 7.58. The molecule has 0 spiro atoms. The summed E-state index contributed by atoms with van der Waals surface area (Å²) in [7, 11) is -3.67. The molecule has 4 saturated carbocycles. The average Bonchev–Trinajstić information content (AvgIpc) is 3.25. The van der Waals surface area contributed by atoms with Crippen molar-refractivity contribution in [2.24, 2.45) is 23.2 Å². The van der Waals surface area contributed by atoms with E-state index in [0.717, 1.165) is 17.8 Å². The molecule has 166 valence electrons. The zero-order chi connectivity index (χ0) is 21.6. The highest BCUT2D eigenvalue weighted by Gasteiger charge is 2.53. The summed E-state index contributed by atoms with van der Waals surface area (Å²) in [6.45, 7) is 2.24. The van der Waals surface area contributed by atoms with Gasteiger partial charge >= 0.3 is 0 Å². The molecule has 4 aliphatic carbocycles. The normalized spacial score (nSPS) is 30.3. The molecule has 4 bridgehead atoms. The Hall–Kier alpha value is -2.12. The number of hydrogen-bond acceptors (Lipinski definition) is 4. The van der Waals surface area contributed by atoms with Gasteiger partial charge < -0.3 is 9.73 Å². The SMILES string of the molecule is C[C@@H](NC(=O)c1ccc(S(=O)(=O)NCc2ccco2)cc1)C12CC3CC(CC(C3)C1)C2. The van der Waals surface area contributed by atoms with Gasteiger partial charge in [0.05, 0.1) is 17.7 Å². The summed E-state index contributed by atoms with van der Waals surface area (Å²) < 4.78 is 32.7. The highest BCUT2D eigenvalue weighted by atomic mass is 32.2. The number of carbonyl (C=O) groups is 1. The fourth-order valence-electron chi connectivity index (χ4n) is 6.59. The van der Waals surface area contributed by atoms with E-state index < -0.39 is 10.0 Å². The smallest absolute Gasteiger partial charge is 0.251 e. The first kappa shape index (κ1) is 20.8. The van der Waals surface area contributed by atoms with Gasteiger partial charge in [0.15, 0.2) is 0 Å². The minimum absolute atomic E-state index is 0.0835. The Kier molecular flexibility index (Phi) is 5.21. The Labute approximate surface area is 183 Å². The number of sulfonamides is 1. The summed E-state index contributed by atoms with van der Waals surface area (Å²) in [5.74, 6) is 2.92. The highest BCUT2D eigenvalue weighted by molar-refractivity contribution is 7.89. The predicted molar refractivity (Wildman–Crippen MR) is 117 cm³/mol. The lowest BCUT2D eigenvalue weighted by Gasteiger charge is -2.59. The first-order valence-corrected chi connectivity index (χ1v) is 12.7. The second-order valence-electron chi connectivity index (χ2n) is 9.90. The maximum Gasteiger partial charge on any atom is 0.251 e. The molecule has 2 aromatic rings. The Morgan fingerprint density at radius 1 is 1.06 bits per heavy atom. The number of nitrogens with one attached hydrogen (secondary N) is 2. The van der Waals surface area contributed by atoms with Crippen LogP contribution in [0.1, 0.15) is 61.6 Å². The van der Waals surface area contributed by atoms with Crippen molar-refractivity contribution in [1.82, 2.24) is 10.0 Å². The van der Waals surface area contributed by atoms with Crippen molar-refractivity contribution >= 4 is 15.9 Å². The number of benzene rings is 1. The lowest BCUT2D eigenvalue weighted by Crippen LogP contribution is -2.55. The molecule has 0 saturated heterocycles. The molecule has 31 heavy (non-hydrogen) atoms. The molecule has 1 amide bonds. The first-order valence-electron chi connectivity index (χ1n) is 11.3. The van der Waals surface area contributed by atoms with Gasteiger partial charge in [-0.3, -0.25) is 4.79 Å².